The van der Waals surface area contributed by atoms with Crippen molar-refractivity contribution in [3.05, 3.63) is 0 Å². The van der Waals surface area contributed by atoms with E-state index in [9.17, 15) is 9.59 Å². The van der Waals surface area contributed by atoms with Gasteiger partial charge >= 0.3 is 92.7 Å². The van der Waals surface area contributed by atoms with Crippen LogP contribution in [0.25, 0.3) is 0 Å². The fraction of sp³-hybridized carbons (Fsp3) is 0.571. The molecule has 1 heterocycles. The Labute approximate surface area is 92.5 Å². The van der Waals surface area contributed by atoms with Crippen molar-refractivity contribution in [3.63, 3.8) is 0 Å². The summed E-state index contributed by atoms with van der Waals surface area (Å²) < 4.78 is -0.165. The van der Waals surface area contributed by atoms with Gasteiger partial charge in [0.05, 0.1) is 0 Å². The van der Waals surface area contributed by atoms with Gasteiger partial charge in [-0.3, -0.25) is 0 Å². The molecule has 0 spiro atoms. The van der Waals surface area contributed by atoms with E-state index < -0.39 is 21.2 Å². The molecule has 4 nitrogen and oxygen atoms in total. The van der Waals surface area contributed by atoms with Crippen LogP contribution >= 0.6 is 12.2 Å². The molecule has 2 amide bonds. The molecule has 0 aromatic rings. The second-order valence-corrected chi connectivity index (χ2v) is 5.12. The van der Waals surface area contributed by atoms with Crippen molar-refractivity contribution >= 4 is 25.2 Å². The second-order valence-electron chi connectivity index (χ2n) is 2.37. The van der Waals surface area contributed by atoms with Crippen LogP contribution in [0.15, 0.2) is 0 Å². The Balaban J connectivity index is 2.87. The minimum atomic E-state index is -1.04. The molecule has 1 fully saturated rings. The first kappa shape index (κ1) is 10.8. The van der Waals surface area contributed by atoms with E-state index >= 15 is 0 Å². The number of carbonyl (C=O) groups excluding carboxylic acids is 2. The molecule has 0 radical (unpaired) electrons. The Kier molecular flexibility index (Phi) is 3.60. The molecule has 0 aromatic carbocycles. The third kappa shape index (κ3) is 1.98. The minimum absolute atomic E-state index is 0.0824. The van der Waals surface area contributed by atoms with Gasteiger partial charge in [-0.25, -0.2) is 0 Å². The Morgan fingerprint density at radius 1 is 1.15 bits per heavy atom. The topological polar surface area (TPSA) is 40.6 Å². The quantitative estimate of drug-likeness (QED) is 0.263. The summed E-state index contributed by atoms with van der Waals surface area (Å²) in [5.41, 5.74) is 0. The molecule has 13 heavy (non-hydrogen) atoms. The number of carbonyl (C=O) groups is 2. The summed E-state index contributed by atoms with van der Waals surface area (Å²) in [5, 5.41) is 0.367. The number of thiocarbonyl (C=S) groups is 1. The van der Waals surface area contributed by atoms with E-state index in [-0.39, 0.29) is 7.83 Å². The molecule has 0 aromatic heterocycles. The van der Waals surface area contributed by atoms with E-state index in [1.165, 1.54) is 9.80 Å². The van der Waals surface area contributed by atoms with E-state index in [4.69, 9.17) is 12.2 Å². The SMILES string of the molecule is CCN1C(=O)[I-]C(=O)N(CC)C1=S. The summed E-state index contributed by atoms with van der Waals surface area (Å²) in [4.78, 5) is 25.7. The Morgan fingerprint density at radius 3 is 1.85 bits per heavy atom. The number of halogens is 1. The summed E-state index contributed by atoms with van der Waals surface area (Å²) in [5.74, 6) is 0. The Morgan fingerprint density at radius 2 is 1.54 bits per heavy atom. The predicted molar refractivity (Wildman–Crippen MR) is 48.2 cm³/mol. The van der Waals surface area contributed by atoms with Crippen molar-refractivity contribution in [1.29, 1.82) is 0 Å². The molecule has 1 aliphatic rings. The molecule has 6 heteroatoms. The zero-order valence-electron chi connectivity index (χ0n) is 7.41. The monoisotopic (exact) mass is 313 g/mol. The Hall–Kier alpha value is -0.240. The summed E-state index contributed by atoms with van der Waals surface area (Å²) in [6, 6.07) is 0. The van der Waals surface area contributed by atoms with Crippen LogP contribution in [0.2, 0.25) is 0 Å². The molecule has 0 aliphatic carbocycles. The van der Waals surface area contributed by atoms with E-state index in [1.807, 2.05) is 13.8 Å². The first-order chi connectivity index (χ1) is 6.11. The Bertz CT molecular complexity index is 245. The van der Waals surface area contributed by atoms with Gasteiger partial charge in [0.2, 0.25) is 0 Å². The van der Waals surface area contributed by atoms with Crippen LogP contribution in [0.1, 0.15) is 13.8 Å². The van der Waals surface area contributed by atoms with Crippen LogP contribution in [0.4, 0.5) is 9.59 Å². The predicted octanol–water partition coefficient (Wildman–Crippen LogP) is -1.74. The average molecular weight is 313 g/mol. The van der Waals surface area contributed by atoms with Gasteiger partial charge < -0.3 is 0 Å². The molecule has 1 aliphatic heterocycles. The fourth-order valence-electron chi connectivity index (χ4n) is 0.986. The fourth-order valence-corrected chi connectivity index (χ4v) is 3.85. The van der Waals surface area contributed by atoms with Crippen molar-refractivity contribution < 1.29 is 30.8 Å². The summed E-state index contributed by atoms with van der Waals surface area (Å²) >= 11 is 3.98. The number of hydrogen-bond donors (Lipinski definition) is 0. The molecule has 0 unspecified atom stereocenters. The molecule has 1 saturated heterocycles. The number of amides is 2. The second kappa shape index (κ2) is 4.32. The van der Waals surface area contributed by atoms with Crippen LogP contribution in [0, 0.1) is 0 Å². The molecule has 0 atom stereocenters. The average Bonchev–Trinajstić information content (AvgIpc) is 2.04. The number of rotatable bonds is 2. The van der Waals surface area contributed by atoms with Crippen molar-refractivity contribution in [2.24, 2.45) is 0 Å². The van der Waals surface area contributed by atoms with Gasteiger partial charge in [-0.1, -0.05) is 0 Å². The van der Waals surface area contributed by atoms with Crippen LogP contribution < -0.4 is 21.2 Å². The van der Waals surface area contributed by atoms with Gasteiger partial charge in [0, 0.05) is 0 Å². The van der Waals surface area contributed by atoms with Gasteiger partial charge in [-0.2, -0.15) is 0 Å². The maximum absolute atomic E-state index is 11.3. The first-order valence-electron chi connectivity index (χ1n) is 3.93. The molecule has 74 valence electrons. The molecule has 0 N–H and O–H groups in total. The summed E-state index contributed by atoms with van der Waals surface area (Å²) in [7, 11) is 0. The number of nitrogens with zero attached hydrogens (tertiary/aromatic N) is 2. The standard InChI is InChI=1S/C7H10IN2O2S/c1-3-9-5(11)8-6(12)10(4-2)7(9)13/h3-4H2,1-2H3/q-1. The third-order valence-electron chi connectivity index (χ3n) is 1.68. The van der Waals surface area contributed by atoms with E-state index in [1.54, 1.807) is 0 Å². The first-order valence-corrected chi connectivity index (χ1v) is 6.50. The van der Waals surface area contributed by atoms with Gasteiger partial charge in [-0.05, 0) is 0 Å². The molecular formula is C7H10IN2O2S-. The van der Waals surface area contributed by atoms with Gasteiger partial charge in [0.1, 0.15) is 0 Å². The van der Waals surface area contributed by atoms with Crippen molar-refractivity contribution in [2.45, 2.75) is 13.8 Å². The third-order valence-corrected chi connectivity index (χ3v) is 4.21. The van der Waals surface area contributed by atoms with Crippen molar-refractivity contribution in [3.8, 4) is 0 Å². The van der Waals surface area contributed by atoms with Gasteiger partial charge in [0.15, 0.2) is 0 Å². The summed E-state index contributed by atoms with van der Waals surface area (Å²) in [6.07, 6.45) is 0. The van der Waals surface area contributed by atoms with E-state index in [2.05, 4.69) is 0 Å². The van der Waals surface area contributed by atoms with Crippen LogP contribution in [-0.4, -0.2) is 35.8 Å². The number of hydrogen-bond acceptors (Lipinski definition) is 3. The normalized spacial score (nSPS) is 19.1. The molecule has 0 saturated carbocycles. The van der Waals surface area contributed by atoms with Crippen LogP contribution in [0.3, 0.4) is 0 Å². The maximum atomic E-state index is 11.3. The van der Waals surface area contributed by atoms with Crippen molar-refractivity contribution in [2.75, 3.05) is 13.1 Å². The van der Waals surface area contributed by atoms with E-state index in [0.717, 1.165) is 0 Å². The molecular weight excluding hydrogens is 303 g/mol. The van der Waals surface area contributed by atoms with Gasteiger partial charge in [0.25, 0.3) is 0 Å². The van der Waals surface area contributed by atoms with Gasteiger partial charge in [-0.15, -0.1) is 0 Å². The zero-order valence-corrected chi connectivity index (χ0v) is 10.4. The van der Waals surface area contributed by atoms with Crippen LogP contribution in [-0.2, 0) is 0 Å². The van der Waals surface area contributed by atoms with Crippen LogP contribution in [0.5, 0.6) is 0 Å². The summed E-state index contributed by atoms with van der Waals surface area (Å²) in [6.45, 7) is 4.83. The molecule has 1 rings (SSSR count). The zero-order chi connectivity index (χ0) is 10.0. The van der Waals surface area contributed by atoms with E-state index in [0.29, 0.717) is 18.2 Å². The van der Waals surface area contributed by atoms with Crippen molar-refractivity contribution in [1.82, 2.24) is 9.80 Å². The molecule has 0 bridgehead atoms.